The molecule has 0 bridgehead atoms. The fourth-order valence-electron chi connectivity index (χ4n) is 0.908. The summed E-state index contributed by atoms with van der Waals surface area (Å²) in [5.74, 6) is -3.05. The molecular formula is C12H15F3O2. The molecule has 0 aliphatic heterocycles. The monoisotopic (exact) mass is 248 g/mol. The van der Waals surface area contributed by atoms with Crippen molar-refractivity contribution in [2.75, 3.05) is 6.61 Å². The molecule has 1 rings (SSSR count). The molecule has 0 unspecified atom stereocenters. The van der Waals surface area contributed by atoms with E-state index in [1.54, 1.807) is 0 Å². The van der Waals surface area contributed by atoms with E-state index in [1.165, 1.54) is 0 Å². The van der Waals surface area contributed by atoms with Gasteiger partial charge in [0.25, 0.3) is 0 Å². The summed E-state index contributed by atoms with van der Waals surface area (Å²) in [7, 11) is 0. The predicted octanol–water partition coefficient (Wildman–Crippen LogP) is 3.45. The van der Waals surface area contributed by atoms with Crippen LogP contribution in [-0.2, 0) is 9.53 Å². The second-order valence-corrected chi connectivity index (χ2v) is 3.11. The van der Waals surface area contributed by atoms with Crippen molar-refractivity contribution in [2.45, 2.75) is 26.7 Å². The Kier molecular flexibility index (Phi) is 7.84. The highest BCUT2D eigenvalue weighted by Gasteiger charge is 1.99. The Balaban J connectivity index is 0.000000304. The number of halogens is 3. The minimum atomic E-state index is -1.16. The molecule has 0 amide bonds. The quantitative estimate of drug-likeness (QED) is 0.605. The lowest BCUT2D eigenvalue weighted by molar-refractivity contribution is -0.143. The van der Waals surface area contributed by atoms with Crippen molar-refractivity contribution in [1.82, 2.24) is 0 Å². The van der Waals surface area contributed by atoms with Crippen molar-refractivity contribution in [3.63, 3.8) is 0 Å². The third-order valence-electron chi connectivity index (χ3n) is 1.64. The van der Waals surface area contributed by atoms with Gasteiger partial charge in [-0.15, -0.1) is 0 Å². The number of carbonyl (C=O) groups is 1. The SMILES string of the molecule is CCCC(=O)OCC.Fc1ccc(F)c(F)c1. The Hall–Kier alpha value is -1.52. The van der Waals surface area contributed by atoms with Crippen molar-refractivity contribution in [2.24, 2.45) is 0 Å². The molecule has 0 saturated heterocycles. The van der Waals surface area contributed by atoms with Gasteiger partial charge in [0, 0.05) is 12.5 Å². The van der Waals surface area contributed by atoms with Gasteiger partial charge in [0.1, 0.15) is 5.82 Å². The maximum absolute atomic E-state index is 12.0. The van der Waals surface area contributed by atoms with Crippen molar-refractivity contribution in [1.29, 1.82) is 0 Å². The van der Waals surface area contributed by atoms with Crippen molar-refractivity contribution < 1.29 is 22.7 Å². The maximum Gasteiger partial charge on any atom is 0.305 e. The minimum absolute atomic E-state index is 0.0880. The molecule has 5 heteroatoms. The summed E-state index contributed by atoms with van der Waals surface area (Å²) >= 11 is 0. The number of ether oxygens (including phenoxy) is 1. The zero-order chi connectivity index (χ0) is 13.3. The summed E-state index contributed by atoms with van der Waals surface area (Å²) in [5.41, 5.74) is 0. The van der Waals surface area contributed by atoms with Crippen LogP contribution in [0.1, 0.15) is 26.7 Å². The first-order valence-corrected chi connectivity index (χ1v) is 5.27. The van der Waals surface area contributed by atoms with E-state index >= 15 is 0 Å². The molecule has 0 N–H and O–H groups in total. The standard InChI is InChI=1S/C6H3F3.C6H12O2/c7-4-1-2-5(8)6(9)3-4;1-3-5-6(7)8-4-2/h1-3H;3-5H2,1-2H3. The molecule has 0 heterocycles. The number of hydrogen-bond acceptors (Lipinski definition) is 2. The lowest BCUT2D eigenvalue weighted by atomic mass is 10.3. The topological polar surface area (TPSA) is 26.3 Å². The largest absolute Gasteiger partial charge is 0.466 e. The van der Waals surface area contributed by atoms with Gasteiger partial charge in [-0.3, -0.25) is 4.79 Å². The predicted molar refractivity (Wildman–Crippen MR) is 57.9 cm³/mol. The summed E-state index contributed by atoms with van der Waals surface area (Å²) in [4.78, 5) is 10.4. The van der Waals surface area contributed by atoms with Crippen LogP contribution in [-0.4, -0.2) is 12.6 Å². The van der Waals surface area contributed by atoms with Crippen LogP contribution in [0.2, 0.25) is 0 Å². The first-order valence-electron chi connectivity index (χ1n) is 5.27. The molecule has 2 nitrogen and oxygen atoms in total. The first-order chi connectivity index (χ1) is 8.01. The highest BCUT2D eigenvalue weighted by atomic mass is 19.2. The Bertz CT molecular complexity index is 346. The number of rotatable bonds is 3. The minimum Gasteiger partial charge on any atom is -0.466 e. The fourth-order valence-corrected chi connectivity index (χ4v) is 0.908. The molecule has 0 spiro atoms. The molecule has 0 aliphatic rings. The Labute approximate surface area is 98.4 Å². The summed E-state index contributed by atoms with van der Waals surface area (Å²) in [6.45, 7) is 4.27. The van der Waals surface area contributed by atoms with Crippen LogP contribution >= 0.6 is 0 Å². The molecule has 0 atom stereocenters. The fraction of sp³-hybridized carbons (Fsp3) is 0.417. The van der Waals surface area contributed by atoms with E-state index in [0.29, 0.717) is 19.1 Å². The van der Waals surface area contributed by atoms with Crippen molar-refractivity contribution in [3.05, 3.63) is 35.7 Å². The molecule has 0 radical (unpaired) electrons. The van der Waals surface area contributed by atoms with E-state index in [0.717, 1.165) is 18.6 Å². The van der Waals surface area contributed by atoms with Crippen LogP contribution in [0, 0.1) is 17.5 Å². The van der Waals surface area contributed by atoms with Gasteiger partial charge in [0.05, 0.1) is 6.61 Å². The highest BCUT2D eigenvalue weighted by molar-refractivity contribution is 5.69. The van der Waals surface area contributed by atoms with Gasteiger partial charge >= 0.3 is 5.97 Å². The average Bonchev–Trinajstić information content (AvgIpc) is 2.26. The molecular weight excluding hydrogens is 233 g/mol. The van der Waals surface area contributed by atoms with Gasteiger partial charge in [-0.05, 0) is 25.5 Å². The van der Waals surface area contributed by atoms with Crippen LogP contribution < -0.4 is 0 Å². The van der Waals surface area contributed by atoms with Gasteiger partial charge in [-0.25, -0.2) is 13.2 Å². The first kappa shape index (κ1) is 15.5. The second-order valence-electron chi connectivity index (χ2n) is 3.11. The van der Waals surface area contributed by atoms with Gasteiger partial charge in [-0.2, -0.15) is 0 Å². The third-order valence-corrected chi connectivity index (χ3v) is 1.64. The van der Waals surface area contributed by atoms with Crippen LogP contribution in [0.15, 0.2) is 18.2 Å². The Morgan fingerprint density at radius 1 is 1.18 bits per heavy atom. The molecule has 0 aromatic heterocycles. The smallest absolute Gasteiger partial charge is 0.305 e. The number of esters is 1. The van der Waals surface area contributed by atoms with Crippen LogP contribution in [0.4, 0.5) is 13.2 Å². The normalized spacial score (nSPS) is 9.24. The summed E-state index contributed by atoms with van der Waals surface area (Å²) in [5, 5.41) is 0. The number of carbonyl (C=O) groups excluding carboxylic acids is 1. The van der Waals surface area contributed by atoms with E-state index in [1.807, 2.05) is 13.8 Å². The van der Waals surface area contributed by atoms with E-state index < -0.39 is 17.5 Å². The van der Waals surface area contributed by atoms with Crippen molar-refractivity contribution >= 4 is 5.97 Å². The maximum atomic E-state index is 12.0. The molecule has 0 fully saturated rings. The van der Waals surface area contributed by atoms with E-state index in [4.69, 9.17) is 0 Å². The van der Waals surface area contributed by atoms with Gasteiger partial charge < -0.3 is 4.74 Å². The molecule has 0 saturated carbocycles. The van der Waals surface area contributed by atoms with E-state index in [2.05, 4.69) is 4.74 Å². The molecule has 17 heavy (non-hydrogen) atoms. The molecule has 0 aliphatic carbocycles. The molecule has 1 aromatic carbocycles. The van der Waals surface area contributed by atoms with Crippen LogP contribution in [0.5, 0.6) is 0 Å². The lowest BCUT2D eigenvalue weighted by Crippen LogP contribution is -2.01. The summed E-state index contributed by atoms with van der Waals surface area (Å²) in [6, 6.07) is 2.10. The number of benzene rings is 1. The van der Waals surface area contributed by atoms with Crippen molar-refractivity contribution in [3.8, 4) is 0 Å². The molecule has 96 valence electrons. The second kappa shape index (κ2) is 8.61. The zero-order valence-electron chi connectivity index (χ0n) is 9.80. The summed E-state index contributed by atoms with van der Waals surface area (Å²) < 4.78 is 40.5. The van der Waals surface area contributed by atoms with Crippen LogP contribution in [0.25, 0.3) is 0 Å². The Morgan fingerprint density at radius 2 is 1.82 bits per heavy atom. The van der Waals surface area contributed by atoms with Gasteiger partial charge in [-0.1, -0.05) is 6.92 Å². The number of hydrogen-bond donors (Lipinski definition) is 0. The zero-order valence-corrected chi connectivity index (χ0v) is 9.80. The third kappa shape index (κ3) is 7.38. The van der Waals surface area contributed by atoms with Gasteiger partial charge in [0.15, 0.2) is 11.6 Å². The molecule has 1 aromatic rings. The highest BCUT2D eigenvalue weighted by Crippen LogP contribution is 2.05. The lowest BCUT2D eigenvalue weighted by Gasteiger charge is -1.96. The van der Waals surface area contributed by atoms with E-state index in [9.17, 15) is 18.0 Å². The van der Waals surface area contributed by atoms with Crippen LogP contribution in [0.3, 0.4) is 0 Å². The average molecular weight is 248 g/mol. The summed E-state index contributed by atoms with van der Waals surface area (Å²) in [6.07, 6.45) is 1.42. The van der Waals surface area contributed by atoms with E-state index in [-0.39, 0.29) is 5.97 Å². The Morgan fingerprint density at radius 3 is 2.24 bits per heavy atom. The van der Waals surface area contributed by atoms with Gasteiger partial charge in [0.2, 0.25) is 0 Å².